The molecule has 3 heteroatoms. The lowest BCUT2D eigenvalue weighted by Gasteiger charge is -2.10. The van der Waals surface area contributed by atoms with E-state index in [0.29, 0.717) is 12.5 Å². The van der Waals surface area contributed by atoms with Crippen molar-refractivity contribution in [1.82, 2.24) is 0 Å². The standard InChI is InChI=1S/C13H19BrOS/c1-11(6-8-16)5-7-15-10-12-3-2-4-13(14)9-12/h2-4,9,11,16H,5-8,10H2,1H3. The number of hydrogen-bond acceptors (Lipinski definition) is 2. The molecule has 0 radical (unpaired) electrons. The van der Waals surface area contributed by atoms with Crippen LogP contribution < -0.4 is 0 Å². The molecule has 90 valence electrons. The van der Waals surface area contributed by atoms with Gasteiger partial charge in [-0.25, -0.2) is 0 Å². The molecule has 0 saturated heterocycles. The van der Waals surface area contributed by atoms with Crippen molar-refractivity contribution in [2.24, 2.45) is 5.92 Å². The summed E-state index contributed by atoms with van der Waals surface area (Å²) in [5, 5.41) is 0. The normalized spacial score (nSPS) is 12.7. The lowest BCUT2D eigenvalue weighted by Crippen LogP contribution is -2.02. The minimum Gasteiger partial charge on any atom is -0.377 e. The second-order valence-electron chi connectivity index (χ2n) is 4.09. The molecule has 1 unspecified atom stereocenters. The third-order valence-corrected chi connectivity index (χ3v) is 3.29. The third-order valence-electron chi connectivity index (χ3n) is 2.53. The Hall–Kier alpha value is 0.01000. The van der Waals surface area contributed by atoms with Gasteiger partial charge in [-0.2, -0.15) is 12.6 Å². The molecule has 1 nitrogen and oxygen atoms in total. The molecule has 1 aromatic carbocycles. The van der Waals surface area contributed by atoms with Crippen LogP contribution in [0.25, 0.3) is 0 Å². The van der Waals surface area contributed by atoms with Crippen LogP contribution in [0.3, 0.4) is 0 Å². The lowest BCUT2D eigenvalue weighted by molar-refractivity contribution is 0.108. The summed E-state index contributed by atoms with van der Waals surface area (Å²) in [6, 6.07) is 8.24. The second kappa shape index (κ2) is 8.15. The van der Waals surface area contributed by atoms with Crippen molar-refractivity contribution >= 4 is 28.6 Å². The predicted molar refractivity (Wildman–Crippen MR) is 76.0 cm³/mol. The maximum absolute atomic E-state index is 5.65. The van der Waals surface area contributed by atoms with Crippen LogP contribution >= 0.6 is 28.6 Å². The largest absolute Gasteiger partial charge is 0.377 e. The monoisotopic (exact) mass is 302 g/mol. The van der Waals surface area contributed by atoms with Crippen LogP contribution in [0.1, 0.15) is 25.3 Å². The SMILES string of the molecule is CC(CCS)CCOCc1cccc(Br)c1. The Morgan fingerprint density at radius 1 is 1.38 bits per heavy atom. The molecule has 0 saturated carbocycles. The molecule has 0 aliphatic rings. The number of hydrogen-bond donors (Lipinski definition) is 1. The van der Waals surface area contributed by atoms with Gasteiger partial charge in [-0.15, -0.1) is 0 Å². The Kier molecular flexibility index (Phi) is 7.17. The highest BCUT2D eigenvalue weighted by Crippen LogP contribution is 2.13. The molecule has 0 heterocycles. The molecule has 0 aliphatic heterocycles. The first kappa shape index (κ1) is 14.1. The van der Waals surface area contributed by atoms with Crippen LogP contribution in [0.2, 0.25) is 0 Å². The first-order valence-electron chi connectivity index (χ1n) is 5.65. The maximum Gasteiger partial charge on any atom is 0.0717 e. The molecule has 1 rings (SSSR count). The molecule has 0 bridgehead atoms. The van der Waals surface area contributed by atoms with E-state index in [2.05, 4.69) is 47.6 Å². The zero-order valence-corrected chi connectivity index (χ0v) is 12.1. The second-order valence-corrected chi connectivity index (χ2v) is 5.45. The fourth-order valence-electron chi connectivity index (χ4n) is 1.47. The highest BCUT2D eigenvalue weighted by molar-refractivity contribution is 9.10. The van der Waals surface area contributed by atoms with Crippen LogP contribution in [0.4, 0.5) is 0 Å². The summed E-state index contributed by atoms with van der Waals surface area (Å²) in [4.78, 5) is 0. The van der Waals surface area contributed by atoms with Crippen LogP contribution in [-0.4, -0.2) is 12.4 Å². The highest BCUT2D eigenvalue weighted by Gasteiger charge is 2.01. The van der Waals surface area contributed by atoms with Gasteiger partial charge in [-0.1, -0.05) is 35.0 Å². The van der Waals surface area contributed by atoms with Crippen molar-refractivity contribution in [2.45, 2.75) is 26.4 Å². The summed E-state index contributed by atoms with van der Waals surface area (Å²) in [6.07, 6.45) is 2.29. The molecule has 0 amide bonds. The van der Waals surface area contributed by atoms with E-state index in [1.54, 1.807) is 0 Å². The topological polar surface area (TPSA) is 9.23 Å². The number of ether oxygens (including phenoxy) is 1. The first-order valence-corrected chi connectivity index (χ1v) is 7.08. The van der Waals surface area contributed by atoms with Gasteiger partial charge in [-0.05, 0) is 42.2 Å². The predicted octanol–water partition coefficient (Wildman–Crippen LogP) is 4.31. The molecule has 0 aliphatic carbocycles. The van der Waals surface area contributed by atoms with Gasteiger partial charge >= 0.3 is 0 Å². The minimum absolute atomic E-state index is 0.701. The van der Waals surface area contributed by atoms with E-state index in [1.807, 2.05) is 12.1 Å². The smallest absolute Gasteiger partial charge is 0.0717 e. The van der Waals surface area contributed by atoms with Gasteiger partial charge in [0.1, 0.15) is 0 Å². The summed E-state index contributed by atoms with van der Waals surface area (Å²) in [5.41, 5.74) is 1.22. The van der Waals surface area contributed by atoms with Gasteiger partial charge in [0.2, 0.25) is 0 Å². The van der Waals surface area contributed by atoms with Crippen LogP contribution in [-0.2, 0) is 11.3 Å². The van der Waals surface area contributed by atoms with E-state index in [1.165, 1.54) is 12.0 Å². The molecule has 0 N–H and O–H groups in total. The van der Waals surface area contributed by atoms with E-state index in [-0.39, 0.29) is 0 Å². The van der Waals surface area contributed by atoms with Crippen molar-refractivity contribution in [2.75, 3.05) is 12.4 Å². The molecule has 16 heavy (non-hydrogen) atoms. The molecule has 0 spiro atoms. The minimum atomic E-state index is 0.701. The molecule has 1 atom stereocenters. The summed E-state index contributed by atoms with van der Waals surface area (Å²) in [7, 11) is 0. The Morgan fingerprint density at radius 2 is 2.19 bits per heavy atom. The van der Waals surface area contributed by atoms with Gasteiger partial charge in [0, 0.05) is 11.1 Å². The number of rotatable bonds is 7. The lowest BCUT2D eigenvalue weighted by atomic mass is 10.1. The van der Waals surface area contributed by atoms with Gasteiger partial charge in [0.25, 0.3) is 0 Å². The molecular weight excluding hydrogens is 284 g/mol. The van der Waals surface area contributed by atoms with E-state index in [4.69, 9.17) is 4.74 Å². The van der Waals surface area contributed by atoms with E-state index >= 15 is 0 Å². The first-order chi connectivity index (χ1) is 7.72. The summed E-state index contributed by atoms with van der Waals surface area (Å²) in [6.45, 7) is 3.78. The van der Waals surface area contributed by atoms with Crippen molar-refractivity contribution < 1.29 is 4.74 Å². The van der Waals surface area contributed by atoms with Gasteiger partial charge < -0.3 is 4.74 Å². The van der Waals surface area contributed by atoms with Crippen LogP contribution in [0.5, 0.6) is 0 Å². The molecular formula is C13H19BrOS. The zero-order chi connectivity index (χ0) is 11.8. The van der Waals surface area contributed by atoms with E-state index in [0.717, 1.165) is 23.3 Å². The van der Waals surface area contributed by atoms with Crippen molar-refractivity contribution in [3.05, 3.63) is 34.3 Å². The number of benzene rings is 1. The number of thiol groups is 1. The fraction of sp³-hybridized carbons (Fsp3) is 0.538. The Balaban J connectivity index is 2.16. The van der Waals surface area contributed by atoms with E-state index < -0.39 is 0 Å². The van der Waals surface area contributed by atoms with Crippen molar-refractivity contribution in [3.8, 4) is 0 Å². The third kappa shape index (κ3) is 5.92. The van der Waals surface area contributed by atoms with Crippen molar-refractivity contribution in [3.63, 3.8) is 0 Å². The summed E-state index contributed by atoms with van der Waals surface area (Å²) < 4.78 is 6.75. The van der Waals surface area contributed by atoms with Gasteiger partial charge in [0.05, 0.1) is 6.61 Å². The Morgan fingerprint density at radius 3 is 2.88 bits per heavy atom. The quantitative estimate of drug-likeness (QED) is 0.583. The van der Waals surface area contributed by atoms with E-state index in [9.17, 15) is 0 Å². The molecule has 0 aromatic heterocycles. The highest BCUT2D eigenvalue weighted by atomic mass is 79.9. The zero-order valence-electron chi connectivity index (χ0n) is 9.66. The average Bonchev–Trinajstić information content (AvgIpc) is 2.25. The van der Waals surface area contributed by atoms with Crippen LogP contribution in [0.15, 0.2) is 28.7 Å². The van der Waals surface area contributed by atoms with Crippen LogP contribution in [0, 0.1) is 5.92 Å². The van der Waals surface area contributed by atoms with Gasteiger partial charge in [-0.3, -0.25) is 0 Å². The molecule has 0 fully saturated rings. The number of halogens is 1. The fourth-order valence-corrected chi connectivity index (χ4v) is 2.35. The summed E-state index contributed by atoms with van der Waals surface area (Å²) >= 11 is 7.68. The Bertz CT molecular complexity index is 304. The molecule has 1 aromatic rings. The maximum atomic E-state index is 5.65. The average molecular weight is 303 g/mol. The van der Waals surface area contributed by atoms with Crippen molar-refractivity contribution in [1.29, 1.82) is 0 Å². The van der Waals surface area contributed by atoms with Gasteiger partial charge in [0.15, 0.2) is 0 Å². The Labute approximate surface area is 112 Å². The summed E-state index contributed by atoms with van der Waals surface area (Å²) in [5.74, 6) is 1.67.